The van der Waals surface area contributed by atoms with Crippen molar-refractivity contribution >= 4 is 0 Å². The predicted octanol–water partition coefficient (Wildman–Crippen LogP) is 1.73. The molecule has 0 saturated heterocycles. The summed E-state index contributed by atoms with van der Waals surface area (Å²) in [6.07, 6.45) is 1.70. The van der Waals surface area contributed by atoms with Gasteiger partial charge in [0, 0.05) is 12.3 Å². The Hall–Kier alpha value is -2.76. The number of nitrogens with zero attached hydrogens (tertiary/aromatic N) is 5. The highest BCUT2D eigenvalue weighted by Crippen LogP contribution is 2.16. The zero-order valence-corrected chi connectivity index (χ0v) is 10.3. The maximum absolute atomic E-state index is 5.17. The highest BCUT2D eigenvalue weighted by Gasteiger charge is 2.08. The zero-order valence-electron chi connectivity index (χ0n) is 10.3. The average molecular weight is 253 g/mol. The minimum atomic E-state index is 0.489. The van der Waals surface area contributed by atoms with Gasteiger partial charge in [-0.05, 0) is 29.5 Å². The third-order valence-corrected chi connectivity index (χ3v) is 2.59. The van der Waals surface area contributed by atoms with E-state index in [1.54, 1.807) is 13.3 Å². The Labute approximate surface area is 109 Å². The van der Waals surface area contributed by atoms with Crippen LogP contribution >= 0.6 is 0 Å². The van der Waals surface area contributed by atoms with Gasteiger partial charge < -0.3 is 4.74 Å². The molecule has 0 saturated carbocycles. The van der Waals surface area contributed by atoms with Crippen LogP contribution in [0.15, 0.2) is 48.7 Å². The summed E-state index contributed by atoms with van der Waals surface area (Å²) >= 11 is 0. The fourth-order valence-electron chi connectivity index (χ4n) is 1.66. The molecule has 2 aromatic heterocycles. The molecule has 0 N–H and O–H groups in total. The second-order valence-electron chi connectivity index (χ2n) is 3.82. The second-order valence-corrected chi connectivity index (χ2v) is 3.82. The molecule has 0 amide bonds. The molecule has 3 rings (SSSR count). The van der Waals surface area contributed by atoms with Crippen LogP contribution in [-0.2, 0) is 0 Å². The van der Waals surface area contributed by atoms with Gasteiger partial charge in [-0.2, -0.15) is 0 Å². The van der Waals surface area contributed by atoms with Crippen LogP contribution in [0.5, 0.6) is 5.75 Å². The maximum atomic E-state index is 5.17. The number of hydrogen-bond acceptors (Lipinski definition) is 5. The Morgan fingerprint density at radius 2 is 2.05 bits per heavy atom. The van der Waals surface area contributed by atoms with Crippen molar-refractivity contribution in [2.75, 3.05) is 7.11 Å². The molecule has 19 heavy (non-hydrogen) atoms. The van der Waals surface area contributed by atoms with E-state index in [0.29, 0.717) is 11.5 Å². The number of ether oxygens (including phenoxy) is 1. The fraction of sp³-hybridized carbons (Fsp3) is 0.0769. The molecule has 0 aliphatic carbocycles. The summed E-state index contributed by atoms with van der Waals surface area (Å²) in [7, 11) is 1.62. The molecule has 1 aromatic carbocycles. The van der Waals surface area contributed by atoms with Gasteiger partial charge in [-0.1, -0.05) is 12.1 Å². The van der Waals surface area contributed by atoms with Gasteiger partial charge in [0.25, 0.3) is 0 Å². The molecule has 0 bridgehead atoms. The molecule has 0 radical (unpaired) electrons. The Morgan fingerprint density at radius 3 is 2.84 bits per heavy atom. The van der Waals surface area contributed by atoms with E-state index in [-0.39, 0.29) is 0 Å². The number of tetrazole rings is 1. The molecule has 94 valence electrons. The van der Waals surface area contributed by atoms with E-state index in [1.807, 2.05) is 42.5 Å². The first-order chi connectivity index (χ1) is 9.36. The summed E-state index contributed by atoms with van der Waals surface area (Å²) in [4.78, 5) is 5.64. The number of aromatic nitrogens is 5. The van der Waals surface area contributed by atoms with Crippen LogP contribution in [0.4, 0.5) is 0 Å². The van der Waals surface area contributed by atoms with Crippen molar-refractivity contribution in [2.24, 2.45) is 0 Å². The van der Waals surface area contributed by atoms with Crippen molar-refractivity contribution in [2.45, 2.75) is 0 Å². The number of pyridine rings is 1. The predicted molar refractivity (Wildman–Crippen MR) is 68.9 cm³/mol. The van der Waals surface area contributed by atoms with Crippen molar-refractivity contribution in [3.05, 3.63) is 48.7 Å². The van der Waals surface area contributed by atoms with E-state index in [1.165, 1.54) is 4.80 Å². The monoisotopic (exact) mass is 253 g/mol. The standard InChI is InChI=1S/C13H11N5O/c1-19-11-6-4-5-10(9-11)18-16-13(15-17-18)12-7-2-3-8-14-12/h2-9H,1H3. The van der Waals surface area contributed by atoms with Crippen LogP contribution in [0.1, 0.15) is 0 Å². The summed E-state index contributed by atoms with van der Waals surface area (Å²) in [5.74, 6) is 1.23. The van der Waals surface area contributed by atoms with Crippen LogP contribution in [-0.4, -0.2) is 32.3 Å². The smallest absolute Gasteiger partial charge is 0.223 e. The van der Waals surface area contributed by atoms with Gasteiger partial charge in [0.05, 0.1) is 12.8 Å². The first kappa shape index (κ1) is 11.3. The van der Waals surface area contributed by atoms with Crippen molar-refractivity contribution in [3.8, 4) is 23.0 Å². The number of benzene rings is 1. The largest absolute Gasteiger partial charge is 0.497 e. The average Bonchev–Trinajstić information content (AvgIpc) is 2.98. The lowest BCUT2D eigenvalue weighted by molar-refractivity contribution is 0.414. The van der Waals surface area contributed by atoms with E-state index >= 15 is 0 Å². The van der Waals surface area contributed by atoms with E-state index in [0.717, 1.165) is 11.4 Å². The molecule has 6 heteroatoms. The van der Waals surface area contributed by atoms with Crippen LogP contribution in [0.25, 0.3) is 17.2 Å². The first-order valence-corrected chi connectivity index (χ1v) is 5.73. The van der Waals surface area contributed by atoms with E-state index in [9.17, 15) is 0 Å². The number of methoxy groups -OCH3 is 1. The zero-order chi connectivity index (χ0) is 13.1. The molecule has 0 spiro atoms. The molecular formula is C13H11N5O. The minimum absolute atomic E-state index is 0.489. The van der Waals surface area contributed by atoms with Gasteiger partial charge in [0.15, 0.2) is 0 Å². The maximum Gasteiger partial charge on any atom is 0.223 e. The summed E-state index contributed by atoms with van der Waals surface area (Å²) in [5, 5.41) is 12.3. The SMILES string of the molecule is COc1cccc(-n2nnc(-c3ccccn3)n2)c1. The van der Waals surface area contributed by atoms with E-state index in [2.05, 4.69) is 20.4 Å². The van der Waals surface area contributed by atoms with Crippen molar-refractivity contribution in [1.29, 1.82) is 0 Å². The highest BCUT2D eigenvalue weighted by molar-refractivity contribution is 5.47. The number of hydrogen-bond donors (Lipinski definition) is 0. The normalized spacial score (nSPS) is 10.4. The lowest BCUT2D eigenvalue weighted by Gasteiger charge is -2.01. The molecule has 0 fully saturated rings. The van der Waals surface area contributed by atoms with E-state index < -0.39 is 0 Å². The third kappa shape index (κ3) is 2.28. The van der Waals surface area contributed by atoms with Crippen LogP contribution in [0.3, 0.4) is 0 Å². The molecule has 6 nitrogen and oxygen atoms in total. The van der Waals surface area contributed by atoms with Gasteiger partial charge in [-0.15, -0.1) is 15.0 Å². The molecule has 0 atom stereocenters. The van der Waals surface area contributed by atoms with Gasteiger partial charge in [0.2, 0.25) is 5.82 Å². The van der Waals surface area contributed by atoms with Gasteiger partial charge >= 0.3 is 0 Å². The van der Waals surface area contributed by atoms with Crippen LogP contribution in [0, 0.1) is 0 Å². The summed E-state index contributed by atoms with van der Waals surface area (Å²) in [6.45, 7) is 0. The molecule has 0 unspecified atom stereocenters. The van der Waals surface area contributed by atoms with Crippen molar-refractivity contribution in [1.82, 2.24) is 25.2 Å². The molecule has 2 heterocycles. The summed E-state index contributed by atoms with van der Waals surface area (Å²) in [5.41, 5.74) is 1.48. The van der Waals surface area contributed by atoms with Crippen molar-refractivity contribution < 1.29 is 4.74 Å². The third-order valence-electron chi connectivity index (χ3n) is 2.59. The van der Waals surface area contributed by atoms with Crippen LogP contribution in [0.2, 0.25) is 0 Å². The Bertz CT molecular complexity index is 680. The van der Waals surface area contributed by atoms with Crippen molar-refractivity contribution in [3.63, 3.8) is 0 Å². The molecular weight excluding hydrogens is 242 g/mol. The minimum Gasteiger partial charge on any atom is -0.497 e. The van der Waals surface area contributed by atoms with E-state index in [4.69, 9.17) is 4.74 Å². The Kier molecular flexibility index (Phi) is 2.89. The fourth-order valence-corrected chi connectivity index (χ4v) is 1.66. The second kappa shape index (κ2) is 4.85. The first-order valence-electron chi connectivity index (χ1n) is 5.73. The lowest BCUT2D eigenvalue weighted by Crippen LogP contribution is -1.99. The lowest BCUT2D eigenvalue weighted by atomic mass is 10.3. The van der Waals surface area contributed by atoms with Gasteiger partial charge in [0.1, 0.15) is 11.4 Å². The van der Waals surface area contributed by atoms with Gasteiger partial charge in [-0.25, -0.2) is 0 Å². The molecule has 0 aliphatic rings. The summed E-state index contributed by atoms with van der Waals surface area (Å²) < 4.78 is 5.17. The van der Waals surface area contributed by atoms with Gasteiger partial charge in [-0.3, -0.25) is 4.98 Å². The highest BCUT2D eigenvalue weighted by atomic mass is 16.5. The van der Waals surface area contributed by atoms with Crippen LogP contribution < -0.4 is 4.74 Å². The molecule has 0 aliphatic heterocycles. The quantitative estimate of drug-likeness (QED) is 0.711. The Balaban J connectivity index is 1.97. The topological polar surface area (TPSA) is 65.7 Å². The number of rotatable bonds is 3. The summed E-state index contributed by atoms with van der Waals surface area (Å²) in [6, 6.07) is 13.0. The Morgan fingerprint density at radius 1 is 1.11 bits per heavy atom. The molecule has 3 aromatic rings.